The van der Waals surface area contributed by atoms with Crippen molar-refractivity contribution >= 4 is 11.9 Å². The SMILES string of the molecule is CC(C)c1ccc(C(NC(=O)C2CCCC2C(=O)O)c2ccccc2)cc1F. The van der Waals surface area contributed by atoms with Crippen LogP contribution in [0.1, 0.15) is 61.8 Å². The summed E-state index contributed by atoms with van der Waals surface area (Å²) < 4.78 is 14.6. The van der Waals surface area contributed by atoms with Crippen molar-refractivity contribution in [1.29, 1.82) is 0 Å². The highest BCUT2D eigenvalue weighted by atomic mass is 19.1. The maximum Gasteiger partial charge on any atom is 0.307 e. The second kappa shape index (κ2) is 8.55. The van der Waals surface area contributed by atoms with Gasteiger partial charge in [0.25, 0.3) is 0 Å². The molecule has 0 bridgehead atoms. The molecule has 148 valence electrons. The summed E-state index contributed by atoms with van der Waals surface area (Å²) in [5, 5.41) is 12.4. The highest BCUT2D eigenvalue weighted by molar-refractivity contribution is 5.85. The summed E-state index contributed by atoms with van der Waals surface area (Å²) in [6, 6.07) is 13.9. The summed E-state index contributed by atoms with van der Waals surface area (Å²) in [5.74, 6) is -2.66. The minimum absolute atomic E-state index is 0.0635. The van der Waals surface area contributed by atoms with Gasteiger partial charge in [0.2, 0.25) is 5.91 Å². The number of hydrogen-bond donors (Lipinski definition) is 2. The van der Waals surface area contributed by atoms with Crippen LogP contribution in [0.4, 0.5) is 4.39 Å². The normalized spacial score (nSPS) is 20.1. The van der Waals surface area contributed by atoms with Crippen LogP contribution in [0.2, 0.25) is 0 Å². The second-order valence-electron chi connectivity index (χ2n) is 7.77. The van der Waals surface area contributed by atoms with E-state index in [1.165, 1.54) is 6.07 Å². The molecule has 0 aromatic heterocycles. The minimum atomic E-state index is -0.929. The average Bonchev–Trinajstić information content (AvgIpc) is 3.16. The number of carboxylic acid groups (broad SMARTS) is 1. The van der Waals surface area contributed by atoms with E-state index in [0.29, 0.717) is 24.0 Å². The fourth-order valence-corrected chi connectivity index (χ4v) is 4.01. The van der Waals surface area contributed by atoms with E-state index < -0.39 is 23.8 Å². The van der Waals surface area contributed by atoms with Crippen molar-refractivity contribution in [3.63, 3.8) is 0 Å². The maximum atomic E-state index is 14.6. The van der Waals surface area contributed by atoms with E-state index in [1.54, 1.807) is 6.07 Å². The van der Waals surface area contributed by atoms with Crippen LogP contribution in [-0.2, 0) is 9.59 Å². The van der Waals surface area contributed by atoms with Gasteiger partial charge in [0, 0.05) is 0 Å². The Kier molecular flexibility index (Phi) is 6.12. The average molecular weight is 383 g/mol. The van der Waals surface area contributed by atoms with E-state index in [9.17, 15) is 19.1 Å². The third-order valence-electron chi connectivity index (χ3n) is 5.57. The molecule has 1 amide bonds. The first kappa shape index (κ1) is 20.1. The van der Waals surface area contributed by atoms with Gasteiger partial charge in [0.05, 0.1) is 17.9 Å². The zero-order chi connectivity index (χ0) is 20.3. The first-order valence-corrected chi connectivity index (χ1v) is 9.76. The number of halogens is 1. The van der Waals surface area contributed by atoms with Gasteiger partial charge in [-0.25, -0.2) is 4.39 Å². The minimum Gasteiger partial charge on any atom is -0.481 e. The molecule has 3 unspecified atom stereocenters. The molecule has 28 heavy (non-hydrogen) atoms. The molecule has 2 N–H and O–H groups in total. The number of carbonyl (C=O) groups excluding carboxylic acids is 1. The molecule has 1 aliphatic carbocycles. The first-order valence-electron chi connectivity index (χ1n) is 9.76. The summed E-state index contributed by atoms with van der Waals surface area (Å²) in [5.41, 5.74) is 2.10. The standard InChI is InChI=1S/C23H26FNO3/c1-14(2)17-12-11-16(13-20(17)24)21(15-7-4-3-5-8-15)25-22(26)18-9-6-10-19(18)23(27)28/h3-5,7-8,11-14,18-19,21H,6,9-10H2,1-2H3,(H,25,26)(H,27,28). The van der Waals surface area contributed by atoms with Crippen LogP contribution in [0.5, 0.6) is 0 Å². The molecule has 2 aromatic rings. The van der Waals surface area contributed by atoms with Gasteiger partial charge in [-0.2, -0.15) is 0 Å². The summed E-state index contributed by atoms with van der Waals surface area (Å²) in [6.45, 7) is 3.86. The topological polar surface area (TPSA) is 66.4 Å². The third kappa shape index (κ3) is 4.24. The number of aliphatic carboxylic acids is 1. The molecule has 0 aliphatic heterocycles. The lowest BCUT2D eigenvalue weighted by molar-refractivity contribution is -0.146. The van der Waals surface area contributed by atoms with Crippen molar-refractivity contribution in [1.82, 2.24) is 5.32 Å². The lowest BCUT2D eigenvalue weighted by atomic mass is 9.92. The van der Waals surface area contributed by atoms with Crippen LogP contribution >= 0.6 is 0 Å². The molecule has 4 nitrogen and oxygen atoms in total. The zero-order valence-corrected chi connectivity index (χ0v) is 16.2. The van der Waals surface area contributed by atoms with Crippen LogP contribution in [-0.4, -0.2) is 17.0 Å². The van der Waals surface area contributed by atoms with E-state index in [2.05, 4.69) is 5.32 Å². The molecule has 0 saturated heterocycles. The van der Waals surface area contributed by atoms with Crippen molar-refractivity contribution in [2.75, 3.05) is 0 Å². The lowest BCUT2D eigenvalue weighted by Crippen LogP contribution is -2.38. The Hall–Kier alpha value is -2.69. The van der Waals surface area contributed by atoms with Gasteiger partial charge in [-0.15, -0.1) is 0 Å². The number of carbonyl (C=O) groups is 2. The Morgan fingerprint density at radius 1 is 1.04 bits per heavy atom. The monoisotopic (exact) mass is 383 g/mol. The molecular weight excluding hydrogens is 357 g/mol. The number of hydrogen-bond acceptors (Lipinski definition) is 2. The Balaban J connectivity index is 1.91. The number of rotatable bonds is 6. The number of benzene rings is 2. The molecule has 3 rings (SSSR count). The number of nitrogens with one attached hydrogen (secondary N) is 1. The fraction of sp³-hybridized carbons (Fsp3) is 0.391. The van der Waals surface area contributed by atoms with Crippen molar-refractivity contribution in [2.24, 2.45) is 11.8 Å². The van der Waals surface area contributed by atoms with Gasteiger partial charge in [0.1, 0.15) is 5.82 Å². The van der Waals surface area contributed by atoms with Crippen LogP contribution in [0.3, 0.4) is 0 Å². The Morgan fingerprint density at radius 3 is 2.32 bits per heavy atom. The molecule has 1 fully saturated rings. The zero-order valence-electron chi connectivity index (χ0n) is 16.2. The smallest absolute Gasteiger partial charge is 0.307 e. The Bertz CT molecular complexity index is 850. The molecule has 0 spiro atoms. The van der Waals surface area contributed by atoms with E-state index in [4.69, 9.17) is 0 Å². The predicted molar refractivity (Wildman–Crippen MR) is 105 cm³/mol. The van der Waals surface area contributed by atoms with Gasteiger partial charge in [-0.05, 0) is 41.5 Å². The van der Waals surface area contributed by atoms with Crippen LogP contribution in [0, 0.1) is 17.7 Å². The van der Waals surface area contributed by atoms with Crippen molar-refractivity contribution in [3.8, 4) is 0 Å². The highest BCUT2D eigenvalue weighted by Gasteiger charge is 2.38. The summed E-state index contributed by atoms with van der Waals surface area (Å²) >= 11 is 0. The third-order valence-corrected chi connectivity index (χ3v) is 5.57. The molecular formula is C23H26FNO3. The van der Waals surface area contributed by atoms with Crippen molar-refractivity contribution in [2.45, 2.75) is 45.1 Å². The van der Waals surface area contributed by atoms with Crippen molar-refractivity contribution in [3.05, 3.63) is 71.0 Å². The van der Waals surface area contributed by atoms with E-state index >= 15 is 0 Å². The number of carboxylic acids is 1. The van der Waals surface area contributed by atoms with Gasteiger partial charge >= 0.3 is 5.97 Å². The van der Waals surface area contributed by atoms with Crippen LogP contribution in [0.25, 0.3) is 0 Å². The summed E-state index contributed by atoms with van der Waals surface area (Å²) in [7, 11) is 0. The Labute approximate surface area is 164 Å². The van der Waals surface area contributed by atoms with Gasteiger partial charge in [-0.1, -0.05) is 62.7 Å². The number of amides is 1. The second-order valence-corrected chi connectivity index (χ2v) is 7.77. The van der Waals surface area contributed by atoms with Gasteiger partial charge in [0.15, 0.2) is 0 Å². The molecule has 0 heterocycles. The molecule has 0 radical (unpaired) electrons. The predicted octanol–water partition coefficient (Wildman–Crippen LogP) is 4.66. The van der Waals surface area contributed by atoms with Crippen molar-refractivity contribution < 1.29 is 19.1 Å². The summed E-state index contributed by atoms with van der Waals surface area (Å²) in [6.07, 6.45) is 1.80. The van der Waals surface area contributed by atoms with E-state index in [0.717, 1.165) is 12.0 Å². The quantitative estimate of drug-likeness (QED) is 0.763. The Morgan fingerprint density at radius 2 is 1.71 bits per heavy atom. The van der Waals surface area contributed by atoms with E-state index in [-0.39, 0.29) is 17.6 Å². The maximum absolute atomic E-state index is 14.6. The molecule has 1 saturated carbocycles. The summed E-state index contributed by atoms with van der Waals surface area (Å²) in [4.78, 5) is 24.4. The molecule has 1 aliphatic rings. The molecule has 2 aromatic carbocycles. The highest BCUT2D eigenvalue weighted by Crippen LogP contribution is 2.34. The van der Waals surface area contributed by atoms with E-state index in [1.807, 2.05) is 50.2 Å². The van der Waals surface area contributed by atoms with Crippen LogP contribution < -0.4 is 5.32 Å². The lowest BCUT2D eigenvalue weighted by Gasteiger charge is -2.24. The molecule has 3 atom stereocenters. The van der Waals surface area contributed by atoms with Gasteiger partial charge in [-0.3, -0.25) is 9.59 Å². The van der Waals surface area contributed by atoms with Gasteiger partial charge < -0.3 is 10.4 Å². The first-order chi connectivity index (χ1) is 13.4. The largest absolute Gasteiger partial charge is 0.481 e. The fourth-order valence-electron chi connectivity index (χ4n) is 4.01. The van der Waals surface area contributed by atoms with Crippen LogP contribution in [0.15, 0.2) is 48.5 Å². The molecule has 5 heteroatoms.